The van der Waals surface area contributed by atoms with Crippen molar-refractivity contribution in [2.75, 3.05) is 65.4 Å². The first-order chi connectivity index (χ1) is 32.2. The molecule has 1 fully saturated rings. The Morgan fingerprint density at radius 3 is 1.54 bits per heavy atom. The Balaban J connectivity index is 0.00000430. The third-order valence-electron chi connectivity index (χ3n) is 10.5. The lowest BCUT2D eigenvalue weighted by molar-refractivity contribution is -0.142. The van der Waals surface area contributed by atoms with E-state index in [4.69, 9.17) is 5.73 Å². The van der Waals surface area contributed by atoms with Gasteiger partial charge in [0.05, 0.1) is 6.54 Å². The molecule has 0 aliphatic carbocycles. The van der Waals surface area contributed by atoms with Crippen molar-refractivity contribution in [3.63, 3.8) is 0 Å². The number of amides is 5. The second kappa shape index (κ2) is 36.1. The van der Waals surface area contributed by atoms with Gasteiger partial charge in [-0.05, 0) is 55.2 Å². The van der Waals surface area contributed by atoms with Gasteiger partial charge in [0, 0.05) is 65.2 Å². The lowest BCUT2D eigenvalue weighted by Crippen LogP contribution is -2.60. The molecule has 5 amide bonds. The second-order valence-electron chi connectivity index (χ2n) is 17.4. The number of carboxylic acids is 1. The van der Waals surface area contributed by atoms with Crippen molar-refractivity contribution >= 4 is 35.5 Å². The predicted molar refractivity (Wildman–Crippen MR) is 267 cm³/mol. The van der Waals surface area contributed by atoms with Crippen molar-refractivity contribution in [2.45, 2.75) is 131 Å². The summed E-state index contributed by atoms with van der Waals surface area (Å²) in [5.74, 6) is -4.48. The van der Waals surface area contributed by atoms with Crippen LogP contribution < -0.4 is 48.3 Å². The van der Waals surface area contributed by atoms with Crippen LogP contribution in [0.1, 0.15) is 98.6 Å². The number of benzene rings is 2. The molecular formula is C50H86N10O7. The van der Waals surface area contributed by atoms with Crippen molar-refractivity contribution in [3.8, 4) is 0 Å². The Hall–Kier alpha value is -4.94. The summed E-state index contributed by atoms with van der Waals surface area (Å²) in [5.41, 5.74) is 7.21. The van der Waals surface area contributed by atoms with Gasteiger partial charge < -0.3 is 53.4 Å². The third kappa shape index (κ3) is 26.3. The van der Waals surface area contributed by atoms with Crippen LogP contribution in [0.3, 0.4) is 0 Å². The van der Waals surface area contributed by atoms with E-state index in [2.05, 4.69) is 56.4 Å². The number of hydrogen-bond donors (Lipinski definition) is 10. The van der Waals surface area contributed by atoms with Crippen molar-refractivity contribution in [1.82, 2.24) is 47.4 Å². The Bertz CT molecular complexity index is 1670. The van der Waals surface area contributed by atoms with E-state index in [1.807, 2.05) is 44.7 Å². The average Bonchev–Trinajstić information content (AvgIpc) is 3.29. The number of carbonyl (C=O) groups is 6. The van der Waals surface area contributed by atoms with Crippen LogP contribution in [-0.4, -0.2) is 141 Å². The largest absolute Gasteiger partial charge is 0.480 e. The highest BCUT2D eigenvalue weighted by atomic mass is 16.4. The first-order valence-electron chi connectivity index (χ1n) is 24.5. The summed E-state index contributed by atoms with van der Waals surface area (Å²) in [6.45, 7) is 22.1. The molecule has 1 heterocycles. The molecule has 17 nitrogen and oxygen atoms in total. The molecule has 0 aromatic heterocycles. The zero-order valence-electron chi connectivity index (χ0n) is 41.8. The molecule has 0 saturated carbocycles. The number of nitrogens with zero attached hydrogens (tertiary/aromatic N) is 1. The molecular weight excluding hydrogens is 853 g/mol. The smallest absolute Gasteiger partial charge is 0.326 e. The molecule has 11 N–H and O–H groups in total. The molecule has 17 heteroatoms. The molecule has 67 heavy (non-hydrogen) atoms. The Kier molecular flexibility index (Phi) is 32.4. The summed E-state index contributed by atoms with van der Waals surface area (Å²) in [7, 11) is 0. The molecule has 2 aromatic carbocycles. The van der Waals surface area contributed by atoms with Gasteiger partial charge in [0.2, 0.25) is 29.5 Å². The number of nitrogens with two attached hydrogens (primary N) is 1. The van der Waals surface area contributed by atoms with Crippen LogP contribution in [0.5, 0.6) is 0 Å². The SMILES string of the molecule is CC.CC(C)CC(NC(=O)C(CCCCN)NC(=O)CN1CCNCCNCCNCC1)C(=O)NC(C(=O)NC(Cc1ccccc1)C(=O)NC(Cc1ccccc1)C(=O)O)C(C)C.CCC. The van der Waals surface area contributed by atoms with Gasteiger partial charge in [0.1, 0.15) is 30.2 Å². The highest BCUT2D eigenvalue weighted by Crippen LogP contribution is 2.12. The maximum Gasteiger partial charge on any atom is 0.326 e. The molecule has 0 bridgehead atoms. The van der Waals surface area contributed by atoms with Crippen molar-refractivity contribution < 1.29 is 33.9 Å². The first-order valence-corrected chi connectivity index (χ1v) is 24.5. The topological polar surface area (TPSA) is 248 Å². The number of carboxylic acid groups (broad SMARTS) is 1. The summed E-state index contributed by atoms with van der Waals surface area (Å²) in [6.07, 6.45) is 3.12. The van der Waals surface area contributed by atoms with Crippen LogP contribution >= 0.6 is 0 Å². The minimum absolute atomic E-state index is 0.0330. The molecule has 378 valence electrons. The van der Waals surface area contributed by atoms with Crippen molar-refractivity contribution in [1.29, 1.82) is 0 Å². The van der Waals surface area contributed by atoms with Crippen molar-refractivity contribution in [2.24, 2.45) is 17.6 Å². The Morgan fingerprint density at radius 2 is 1.06 bits per heavy atom. The fraction of sp³-hybridized carbons (Fsp3) is 0.640. The molecule has 1 saturated heterocycles. The van der Waals surface area contributed by atoms with Gasteiger partial charge in [-0.15, -0.1) is 0 Å². The van der Waals surface area contributed by atoms with E-state index >= 15 is 0 Å². The van der Waals surface area contributed by atoms with E-state index in [1.54, 1.807) is 62.4 Å². The minimum atomic E-state index is -1.26. The summed E-state index contributed by atoms with van der Waals surface area (Å²) >= 11 is 0. The Morgan fingerprint density at radius 1 is 0.612 bits per heavy atom. The van der Waals surface area contributed by atoms with Crippen molar-refractivity contribution in [3.05, 3.63) is 71.8 Å². The number of unbranched alkanes of at least 4 members (excludes halogenated alkanes) is 1. The number of rotatable bonds is 23. The van der Waals surface area contributed by atoms with Crippen LogP contribution in [0.2, 0.25) is 0 Å². The van der Waals surface area contributed by atoms with E-state index in [0.29, 0.717) is 57.5 Å². The summed E-state index contributed by atoms with van der Waals surface area (Å²) in [6, 6.07) is 12.4. The second-order valence-corrected chi connectivity index (χ2v) is 17.4. The van der Waals surface area contributed by atoms with Gasteiger partial charge in [0.15, 0.2) is 0 Å². The zero-order chi connectivity index (χ0) is 50.0. The highest BCUT2D eigenvalue weighted by Gasteiger charge is 2.34. The maximum atomic E-state index is 14.1. The summed E-state index contributed by atoms with van der Waals surface area (Å²) in [4.78, 5) is 83.7. The fourth-order valence-corrected chi connectivity index (χ4v) is 7.08. The third-order valence-corrected chi connectivity index (χ3v) is 10.5. The molecule has 5 atom stereocenters. The number of hydrogen-bond acceptors (Lipinski definition) is 11. The van der Waals surface area contributed by atoms with Gasteiger partial charge >= 0.3 is 5.97 Å². The quantitative estimate of drug-likeness (QED) is 0.0722. The number of carbonyl (C=O) groups excluding carboxylic acids is 5. The Labute approximate surface area is 401 Å². The van der Waals surface area contributed by atoms with Crippen LogP contribution in [0.15, 0.2) is 60.7 Å². The fourth-order valence-electron chi connectivity index (χ4n) is 7.08. The summed E-state index contributed by atoms with van der Waals surface area (Å²) < 4.78 is 0. The van der Waals surface area contributed by atoms with E-state index in [9.17, 15) is 33.9 Å². The van der Waals surface area contributed by atoms with Gasteiger partial charge in [-0.2, -0.15) is 0 Å². The summed E-state index contributed by atoms with van der Waals surface area (Å²) in [5, 5.41) is 34.1. The van der Waals surface area contributed by atoms with E-state index < -0.39 is 65.7 Å². The molecule has 1 aliphatic heterocycles. The van der Waals surface area contributed by atoms with Gasteiger partial charge in [-0.1, -0.05) is 122 Å². The first kappa shape index (κ1) is 60.1. The molecule has 1 aliphatic rings. The zero-order valence-corrected chi connectivity index (χ0v) is 41.8. The predicted octanol–water partition coefficient (Wildman–Crippen LogP) is 2.34. The lowest BCUT2D eigenvalue weighted by atomic mass is 9.98. The number of aliphatic carboxylic acids is 1. The monoisotopic (exact) mass is 939 g/mol. The molecule has 0 spiro atoms. The molecule has 0 radical (unpaired) electrons. The number of nitrogens with one attached hydrogen (secondary N) is 8. The normalized spacial score (nSPS) is 15.7. The highest BCUT2D eigenvalue weighted by molar-refractivity contribution is 5.96. The standard InChI is InChI=1S/C45H72N10O7.C3H8.C2H6/c1-31(2)27-36(51-41(57)35(17-11-12-18-46)50-39(56)30-55-25-23-48-21-19-47-20-22-49-24-26-55)43(59)54-40(32(3)4)44(60)52-37(28-33-13-7-5-8-14-33)42(58)53-38(45(61)62)29-34-15-9-6-10-16-34;1-3-2;1-2/h5-10,13-16,31-32,35-38,40,47-49H,11-12,17-30,46H2,1-4H3,(H,50,56)(H,51,57)(H,52,60)(H,53,58)(H,54,59)(H,61,62);3H2,1-2H3;1-2H3. The van der Waals surface area contributed by atoms with Gasteiger partial charge in [0.25, 0.3) is 0 Å². The van der Waals surface area contributed by atoms with Crippen LogP contribution in [-0.2, 0) is 41.6 Å². The van der Waals surface area contributed by atoms with E-state index in [-0.39, 0.29) is 37.6 Å². The van der Waals surface area contributed by atoms with Crippen LogP contribution in [0.25, 0.3) is 0 Å². The maximum absolute atomic E-state index is 14.1. The molecule has 5 unspecified atom stereocenters. The minimum Gasteiger partial charge on any atom is -0.480 e. The van der Waals surface area contributed by atoms with Crippen LogP contribution in [0, 0.1) is 11.8 Å². The molecule has 3 rings (SSSR count). The average molecular weight is 939 g/mol. The van der Waals surface area contributed by atoms with Gasteiger partial charge in [-0.25, -0.2) is 4.79 Å². The molecule has 2 aromatic rings. The van der Waals surface area contributed by atoms with Gasteiger partial charge in [-0.3, -0.25) is 28.9 Å². The van der Waals surface area contributed by atoms with Crippen LogP contribution in [0.4, 0.5) is 0 Å². The van der Waals surface area contributed by atoms with E-state index in [0.717, 1.165) is 31.7 Å². The lowest BCUT2D eigenvalue weighted by Gasteiger charge is -2.29. The van der Waals surface area contributed by atoms with E-state index in [1.165, 1.54) is 6.42 Å².